The maximum Gasteiger partial charge on any atom is 0.135 e. The fourth-order valence-corrected chi connectivity index (χ4v) is 2.42. The molecule has 0 fully saturated rings. The molecule has 0 spiro atoms. The van der Waals surface area contributed by atoms with Crippen LogP contribution in [0.15, 0.2) is 59.1 Å². The molecule has 0 unspecified atom stereocenters. The van der Waals surface area contributed by atoms with E-state index in [0.29, 0.717) is 0 Å². The summed E-state index contributed by atoms with van der Waals surface area (Å²) in [6.45, 7) is 0.724. The maximum atomic E-state index is 5.81. The monoisotopic (exact) mass is 263 g/mol. The van der Waals surface area contributed by atoms with Crippen LogP contribution in [0, 0.1) is 0 Å². The molecule has 4 nitrogen and oxygen atoms in total. The summed E-state index contributed by atoms with van der Waals surface area (Å²) >= 11 is 0. The van der Waals surface area contributed by atoms with E-state index in [-0.39, 0.29) is 0 Å². The number of anilines is 1. The van der Waals surface area contributed by atoms with Gasteiger partial charge in [0.05, 0.1) is 12.2 Å². The summed E-state index contributed by atoms with van der Waals surface area (Å²) in [4.78, 5) is 0. The van der Waals surface area contributed by atoms with E-state index in [9.17, 15) is 0 Å². The van der Waals surface area contributed by atoms with E-state index < -0.39 is 0 Å². The number of rotatable bonds is 3. The molecule has 0 aliphatic rings. The highest BCUT2D eigenvalue weighted by atomic mass is 16.3. The lowest BCUT2D eigenvalue weighted by molar-refractivity contribution is 0.669. The number of nitrogens with zero attached hydrogens (tertiary/aromatic N) is 1. The van der Waals surface area contributed by atoms with Gasteiger partial charge in [-0.05, 0) is 30.3 Å². The number of para-hydroxylation sites is 1. The summed E-state index contributed by atoms with van der Waals surface area (Å²) in [5.41, 5.74) is 3.97. The summed E-state index contributed by atoms with van der Waals surface area (Å²) in [7, 11) is 0. The summed E-state index contributed by atoms with van der Waals surface area (Å²) in [5, 5.41) is 12.5. The fraction of sp³-hybridized carbons (Fsp3) is 0.0625. The van der Waals surface area contributed by atoms with Crippen LogP contribution in [-0.4, -0.2) is 10.2 Å². The van der Waals surface area contributed by atoms with Crippen LogP contribution in [0.3, 0.4) is 0 Å². The highest BCUT2D eigenvalue weighted by Gasteiger charge is 2.06. The van der Waals surface area contributed by atoms with Crippen molar-refractivity contribution in [2.45, 2.75) is 6.54 Å². The van der Waals surface area contributed by atoms with Gasteiger partial charge in [-0.25, -0.2) is 0 Å². The van der Waals surface area contributed by atoms with Crippen LogP contribution in [-0.2, 0) is 6.54 Å². The van der Waals surface area contributed by atoms with Crippen LogP contribution in [0.4, 0.5) is 5.69 Å². The second-order valence-electron chi connectivity index (χ2n) is 4.74. The third kappa shape index (κ3) is 1.82. The van der Waals surface area contributed by atoms with Gasteiger partial charge < -0.3 is 9.73 Å². The lowest BCUT2D eigenvalue weighted by Crippen LogP contribution is -1.99. The van der Waals surface area contributed by atoms with Gasteiger partial charge in [0.2, 0.25) is 0 Å². The first-order chi connectivity index (χ1) is 9.90. The molecule has 0 radical (unpaired) electrons. The van der Waals surface area contributed by atoms with E-state index in [1.54, 1.807) is 6.20 Å². The lowest BCUT2D eigenvalue weighted by Gasteiger charge is -2.04. The molecule has 20 heavy (non-hydrogen) atoms. The molecule has 4 rings (SSSR count). The van der Waals surface area contributed by atoms with Gasteiger partial charge in [0.1, 0.15) is 11.2 Å². The molecule has 4 aromatic rings. The Morgan fingerprint density at radius 3 is 2.80 bits per heavy atom. The molecule has 2 heterocycles. The summed E-state index contributed by atoms with van der Waals surface area (Å²) < 4.78 is 5.81. The molecule has 0 saturated carbocycles. The highest BCUT2D eigenvalue weighted by Crippen LogP contribution is 2.30. The van der Waals surface area contributed by atoms with Gasteiger partial charge in [0, 0.05) is 22.7 Å². The standard InChI is InChI=1S/C16H13N3O/c1-2-4-15-13(3-1)14-9-11(5-6-16(14)20-15)17-10-12-7-8-18-19-12/h1-9,17H,10H2,(H,18,19). The van der Waals surface area contributed by atoms with Crippen molar-refractivity contribution in [2.24, 2.45) is 0 Å². The van der Waals surface area contributed by atoms with E-state index in [2.05, 4.69) is 27.6 Å². The topological polar surface area (TPSA) is 53.9 Å². The highest BCUT2D eigenvalue weighted by molar-refractivity contribution is 6.05. The van der Waals surface area contributed by atoms with Gasteiger partial charge in [-0.3, -0.25) is 5.10 Å². The maximum absolute atomic E-state index is 5.81. The van der Waals surface area contributed by atoms with Gasteiger partial charge in [-0.1, -0.05) is 18.2 Å². The number of nitrogens with one attached hydrogen (secondary N) is 2. The Hall–Kier alpha value is -2.75. The van der Waals surface area contributed by atoms with Gasteiger partial charge in [-0.2, -0.15) is 5.10 Å². The average Bonchev–Trinajstić information content (AvgIpc) is 3.12. The quantitative estimate of drug-likeness (QED) is 0.589. The third-order valence-corrected chi connectivity index (χ3v) is 3.42. The molecule has 0 aliphatic carbocycles. The van der Waals surface area contributed by atoms with Crippen molar-refractivity contribution >= 4 is 27.6 Å². The van der Waals surface area contributed by atoms with E-state index >= 15 is 0 Å². The first kappa shape index (κ1) is 11.1. The summed E-state index contributed by atoms with van der Waals surface area (Å²) in [6.07, 6.45) is 1.75. The summed E-state index contributed by atoms with van der Waals surface area (Å²) in [5.74, 6) is 0. The van der Waals surface area contributed by atoms with Gasteiger partial charge in [0.25, 0.3) is 0 Å². The first-order valence-corrected chi connectivity index (χ1v) is 6.53. The first-order valence-electron chi connectivity index (χ1n) is 6.53. The minimum absolute atomic E-state index is 0.724. The number of aromatic nitrogens is 2. The Morgan fingerprint density at radius 1 is 1.00 bits per heavy atom. The minimum atomic E-state index is 0.724. The van der Waals surface area contributed by atoms with Crippen molar-refractivity contribution in [3.05, 3.63) is 60.4 Å². The zero-order valence-electron chi connectivity index (χ0n) is 10.8. The molecule has 2 aromatic carbocycles. The molecule has 0 saturated heterocycles. The van der Waals surface area contributed by atoms with E-state index in [1.807, 2.05) is 36.4 Å². The summed E-state index contributed by atoms with van der Waals surface area (Å²) in [6, 6.07) is 16.2. The van der Waals surface area contributed by atoms with Crippen molar-refractivity contribution in [3.8, 4) is 0 Å². The molecule has 2 N–H and O–H groups in total. The van der Waals surface area contributed by atoms with E-state index in [1.165, 1.54) is 0 Å². The van der Waals surface area contributed by atoms with Crippen molar-refractivity contribution in [1.29, 1.82) is 0 Å². The van der Waals surface area contributed by atoms with Crippen LogP contribution >= 0.6 is 0 Å². The molecular formula is C16H13N3O. The lowest BCUT2D eigenvalue weighted by atomic mass is 10.1. The zero-order chi connectivity index (χ0) is 13.4. The number of aromatic amines is 1. The predicted molar refractivity (Wildman–Crippen MR) is 79.6 cm³/mol. The number of hydrogen-bond acceptors (Lipinski definition) is 3. The Kier molecular flexibility index (Phi) is 2.45. The van der Waals surface area contributed by atoms with E-state index in [4.69, 9.17) is 4.42 Å². The molecular weight excluding hydrogens is 250 g/mol. The molecule has 4 heteroatoms. The van der Waals surface area contributed by atoms with Crippen LogP contribution < -0.4 is 5.32 Å². The second-order valence-corrected chi connectivity index (χ2v) is 4.74. The number of fused-ring (bicyclic) bond motifs is 3. The van der Waals surface area contributed by atoms with Crippen molar-refractivity contribution < 1.29 is 4.42 Å². The SMILES string of the molecule is c1ccc2c(c1)oc1ccc(NCc3ccn[nH]3)cc12. The Balaban J connectivity index is 1.72. The number of hydrogen-bond donors (Lipinski definition) is 2. The average molecular weight is 263 g/mol. The molecule has 98 valence electrons. The van der Waals surface area contributed by atoms with Crippen LogP contribution in [0.5, 0.6) is 0 Å². The van der Waals surface area contributed by atoms with Gasteiger partial charge in [-0.15, -0.1) is 0 Å². The predicted octanol–water partition coefficient (Wildman–Crippen LogP) is 3.92. The molecule has 0 aliphatic heterocycles. The van der Waals surface area contributed by atoms with Crippen molar-refractivity contribution in [2.75, 3.05) is 5.32 Å². The van der Waals surface area contributed by atoms with Gasteiger partial charge in [0.15, 0.2) is 0 Å². The molecule has 0 atom stereocenters. The number of furan rings is 1. The van der Waals surface area contributed by atoms with Crippen molar-refractivity contribution in [3.63, 3.8) is 0 Å². The third-order valence-electron chi connectivity index (χ3n) is 3.42. The van der Waals surface area contributed by atoms with Crippen LogP contribution in [0.1, 0.15) is 5.69 Å². The van der Waals surface area contributed by atoms with Crippen LogP contribution in [0.25, 0.3) is 21.9 Å². The van der Waals surface area contributed by atoms with Gasteiger partial charge >= 0.3 is 0 Å². The molecule has 0 amide bonds. The molecule has 2 aromatic heterocycles. The second kappa shape index (κ2) is 4.42. The number of benzene rings is 2. The Morgan fingerprint density at radius 2 is 1.90 bits per heavy atom. The van der Waals surface area contributed by atoms with Crippen LogP contribution in [0.2, 0.25) is 0 Å². The normalized spacial score (nSPS) is 11.2. The Bertz CT molecular complexity index is 862. The number of H-pyrrole nitrogens is 1. The molecule has 0 bridgehead atoms. The van der Waals surface area contributed by atoms with Crippen molar-refractivity contribution in [1.82, 2.24) is 10.2 Å². The Labute approximate surface area is 115 Å². The largest absolute Gasteiger partial charge is 0.456 e. The zero-order valence-corrected chi connectivity index (χ0v) is 10.8. The minimum Gasteiger partial charge on any atom is -0.456 e. The smallest absolute Gasteiger partial charge is 0.135 e. The van der Waals surface area contributed by atoms with E-state index in [0.717, 1.165) is 39.9 Å². The fourth-order valence-electron chi connectivity index (χ4n) is 2.42.